The number of fused-ring (bicyclic) bond motifs is 1. The number of carbonyl (C=O) groups excluding carboxylic acids is 2. The molecule has 6 nitrogen and oxygen atoms in total. The van der Waals surface area contributed by atoms with Gasteiger partial charge in [-0.2, -0.15) is 8.75 Å². The fourth-order valence-electron chi connectivity index (χ4n) is 2.40. The normalized spacial score (nSPS) is 21.7. The first-order valence-electron chi connectivity index (χ1n) is 6.39. The molecule has 1 aromatic carbocycles. The molecule has 1 aliphatic heterocycles. The molecule has 110 valence electrons. The predicted octanol–water partition coefficient (Wildman–Crippen LogP) is 1.97. The number of anilines is 1. The molecule has 0 bridgehead atoms. The Bertz CT molecular complexity index is 758. The number of piperazine rings is 1. The number of halogens is 1. The minimum atomic E-state index is -0.988. The van der Waals surface area contributed by atoms with E-state index in [2.05, 4.69) is 14.1 Å². The fraction of sp³-hybridized carbons (Fsp3) is 0.385. The molecule has 0 spiro atoms. The molecule has 1 fully saturated rings. The average molecular weight is 325 g/mol. The van der Waals surface area contributed by atoms with Crippen molar-refractivity contribution >= 4 is 51.9 Å². The van der Waals surface area contributed by atoms with E-state index in [1.54, 1.807) is 32.9 Å². The number of nitrogens with zero attached hydrogens (tertiary/aromatic N) is 3. The number of rotatable bonds is 1. The van der Waals surface area contributed by atoms with Crippen LogP contribution in [-0.2, 0) is 9.59 Å². The molecule has 8 heteroatoms. The Morgan fingerprint density at radius 1 is 1.33 bits per heavy atom. The zero-order valence-electron chi connectivity index (χ0n) is 11.7. The third-order valence-electron chi connectivity index (χ3n) is 3.55. The molecule has 0 radical (unpaired) electrons. The Morgan fingerprint density at radius 2 is 2.05 bits per heavy atom. The zero-order chi connectivity index (χ0) is 15.4. The van der Waals surface area contributed by atoms with E-state index in [-0.39, 0.29) is 11.8 Å². The summed E-state index contributed by atoms with van der Waals surface area (Å²) < 4.78 is 8.37. The van der Waals surface area contributed by atoms with Gasteiger partial charge >= 0.3 is 0 Å². The van der Waals surface area contributed by atoms with Crippen LogP contribution < -0.4 is 10.2 Å². The lowest BCUT2D eigenvalue weighted by molar-refractivity contribution is -0.136. The van der Waals surface area contributed by atoms with Crippen LogP contribution in [0.5, 0.6) is 0 Å². The highest BCUT2D eigenvalue weighted by atomic mass is 35.5. The SMILES string of the molecule is CC1C(=O)NC(C)(C)C(=O)N1c1c(Cl)ccc2nsnc12. The van der Waals surface area contributed by atoms with Gasteiger partial charge in [-0.3, -0.25) is 14.5 Å². The van der Waals surface area contributed by atoms with E-state index in [1.165, 1.54) is 4.90 Å². The van der Waals surface area contributed by atoms with Gasteiger partial charge in [0.15, 0.2) is 0 Å². The molecule has 1 aromatic heterocycles. The number of hydrogen-bond acceptors (Lipinski definition) is 5. The molecule has 1 unspecified atom stereocenters. The first kappa shape index (κ1) is 14.2. The van der Waals surface area contributed by atoms with Crippen LogP contribution in [0.4, 0.5) is 5.69 Å². The average Bonchev–Trinajstić information content (AvgIpc) is 2.87. The van der Waals surface area contributed by atoms with Gasteiger partial charge in [0.05, 0.1) is 22.4 Å². The van der Waals surface area contributed by atoms with Crippen LogP contribution in [0.25, 0.3) is 11.0 Å². The lowest BCUT2D eigenvalue weighted by Gasteiger charge is -2.41. The predicted molar refractivity (Wildman–Crippen MR) is 81.6 cm³/mol. The summed E-state index contributed by atoms with van der Waals surface area (Å²) in [6, 6.07) is 2.75. The van der Waals surface area contributed by atoms with Crippen molar-refractivity contribution in [2.24, 2.45) is 0 Å². The molecular weight excluding hydrogens is 312 g/mol. The largest absolute Gasteiger partial charge is 0.340 e. The topological polar surface area (TPSA) is 75.2 Å². The maximum absolute atomic E-state index is 12.7. The van der Waals surface area contributed by atoms with Crippen LogP contribution in [-0.4, -0.2) is 32.1 Å². The van der Waals surface area contributed by atoms with E-state index >= 15 is 0 Å². The number of benzene rings is 1. The highest BCUT2D eigenvalue weighted by molar-refractivity contribution is 7.00. The number of nitrogens with one attached hydrogen (secondary N) is 1. The summed E-state index contributed by atoms with van der Waals surface area (Å²) in [5.74, 6) is -0.451. The molecule has 1 saturated heterocycles. The van der Waals surface area contributed by atoms with Gasteiger partial charge in [0.1, 0.15) is 22.6 Å². The monoisotopic (exact) mass is 324 g/mol. The Morgan fingerprint density at radius 3 is 2.76 bits per heavy atom. The quantitative estimate of drug-likeness (QED) is 0.870. The molecular formula is C13H13ClN4O2S. The van der Waals surface area contributed by atoms with Crippen molar-refractivity contribution in [2.75, 3.05) is 4.90 Å². The summed E-state index contributed by atoms with van der Waals surface area (Å²) >= 11 is 7.32. The first-order chi connectivity index (χ1) is 9.83. The maximum Gasteiger partial charge on any atom is 0.253 e. The van der Waals surface area contributed by atoms with E-state index in [9.17, 15) is 9.59 Å². The van der Waals surface area contributed by atoms with Gasteiger partial charge in [0.2, 0.25) is 5.91 Å². The van der Waals surface area contributed by atoms with Crippen LogP contribution in [0.3, 0.4) is 0 Å². The van der Waals surface area contributed by atoms with Gasteiger partial charge in [-0.1, -0.05) is 11.6 Å². The van der Waals surface area contributed by atoms with Gasteiger partial charge in [-0.15, -0.1) is 0 Å². The molecule has 2 aromatic rings. The van der Waals surface area contributed by atoms with Gasteiger partial charge < -0.3 is 5.32 Å². The Balaban J connectivity index is 2.24. The van der Waals surface area contributed by atoms with Crippen LogP contribution >= 0.6 is 23.3 Å². The Kier molecular flexibility index (Phi) is 3.14. The summed E-state index contributed by atoms with van der Waals surface area (Å²) in [5.41, 5.74) is 0.656. The third kappa shape index (κ3) is 2.08. The highest BCUT2D eigenvalue weighted by Crippen LogP contribution is 2.37. The molecule has 0 aliphatic carbocycles. The lowest BCUT2D eigenvalue weighted by atomic mass is 9.96. The van der Waals surface area contributed by atoms with E-state index in [4.69, 9.17) is 11.6 Å². The molecule has 3 rings (SSSR count). The second-order valence-electron chi connectivity index (χ2n) is 5.49. The van der Waals surface area contributed by atoms with Crippen molar-refractivity contribution in [3.05, 3.63) is 17.2 Å². The maximum atomic E-state index is 12.7. The van der Waals surface area contributed by atoms with Gasteiger partial charge in [-0.25, -0.2) is 0 Å². The van der Waals surface area contributed by atoms with Crippen molar-refractivity contribution in [1.29, 1.82) is 0 Å². The van der Waals surface area contributed by atoms with Crippen LogP contribution in [0, 0.1) is 0 Å². The van der Waals surface area contributed by atoms with Gasteiger partial charge in [0, 0.05) is 0 Å². The van der Waals surface area contributed by atoms with E-state index < -0.39 is 11.6 Å². The lowest BCUT2D eigenvalue weighted by Crippen LogP contribution is -2.67. The van der Waals surface area contributed by atoms with E-state index in [0.29, 0.717) is 21.7 Å². The molecule has 2 amide bonds. The summed E-state index contributed by atoms with van der Waals surface area (Å²) in [5, 5.41) is 3.09. The number of hydrogen-bond donors (Lipinski definition) is 1. The van der Waals surface area contributed by atoms with Crippen LogP contribution in [0.15, 0.2) is 12.1 Å². The molecule has 0 saturated carbocycles. The molecule has 2 heterocycles. The molecule has 1 aliphatic rings. The zero-order valence-corrected chi connectivity index (χ0v) is 13.2. The van der Waals surface area contributed by atoms with Crippen molar-refractivity contribution in [1.82, 2.24) is 14.1 Å². The molecule has 21 heavy (non-hydrogen) atoms. The van der Waals surface area contributed by atoms with Crippen LogP contribution in [0.1, 0.15) is 20.8 Å². The van der Waals surface area contributed by atoms with Gasteiger partial charge in [0.25, 0.3) is 5.91 Å². The Labute approximate surface area is 130 Å². The number of aromatic nitrogens is 2. The fourth-order valence-corrected chi connectivity index (χ4v) is 3.18. The standard InChI is InChI=1S/C13H13ClN4O2S/c1-6-11(19)15-13(2,3)12(20)18(6)10-7(14)4-5-8-9(10)17-21-16-8/h4-6H,1-3H3,(H,15,19). The van der Waals surface area contributed by atoms with Crippen molar-refractivity contribution in [3.63, 3.8) is 0 Å². The van der Waals surface area contributed by atoms with E-state index in [1.807, 2.05) is 0 Å². The third-order valence-corrected chi connectivity index (χ3v) is 4.40. The first-order valence-corrected chi connectivity index (χ1v) is 7.50. The van der Waals surface area contributed by atoms with Gasteiger partial charge in [-0.05, 0) is 32.9 Å². The number of carbonyl (C=O) groups is 2. The minimum Gasteiger partial charge on any atom is -0.340 e. The second-order valence-corrected chi connectivity index (χ2v) is 6.43. The van der Waals surface area contributed by atoms with Crippen molar-refractivity contribution in [3.8, 4) is 0 Å². The van der Waals surface area contributed by atoms with E-state index in [0.717, 1.165) is 11.7 Å². The summed E-state index contributed by atoms with van der Waals surface area (Å²) in [6.07, 6.45) is 0. The van der Waals surface area contributed by atoms with Crippen LogP contribution in [0.2, 0.25) is 5.02 Å². The smallest absolute Gasteiger partial charge is 0.253 e. The second kappa shape index (κ2) is 4.64. The molecule has 1 N–H and O–H groups in total. The summed E-state index contributed by atoms with van der Waals surface area (Å²) in [6.45, 7) is 5.00. The van der Waals surface area contributed by atoms with Crippen molar-refractivity contribution < 1.29 is 9.59 Å². The summed E-state index contributed by atoms with van der Waals surface area (Å²) in [7, 11) is 0. The van der Waals surface area contributed by atoms with Crippen molar-refractivity contribution in [2.45, 2.75) is 32.4 Å². The molecule has 1 atom stereocenters. The summed E-state index contributed by atoms with van der Waals surface area (Å²) in [4.78, 5) is 26.3. The highest BCUT2D eigenvalue weighted by Gasteiger charge is 2.45. The minimum absolute atomic E-state index is 0.225. The Hall–Kier alpha value is -1.73. The number of amides is 2.